The molecule has 158 valence electrons. The van der Waals surface area contributed by atoms with Crippen molar-refractivity contribution < 1.29 is 5.11 Å². The molecule has 31 heavy (non-hydrogen) atoms. The Labute approximate surface area is 188 Å². The van der Waals surface area contributed by atoms with Gasteiger partial charge in [-0.25, -0.2) is 0 Å². The number of rotatable bonds is 4. The SMILES string of the molecule is OC(c1cccnc1)C1CCN(C[C@@]23C[C@H](c4ccccc42)c2ccc(Cl)cc23)CC1. The standard InChI is InChI=1S/C27H27ClN2O/c28-20-7-8-22-23-15-27(25(22)14-20,24-6-2-1-5-21(23)24)17-30-12-9-18(10-13-30)26(31)19-4-3-11-29-16-19/h1-8,11,14,16,18,23,26,31H,9-10,12-13,15,17H2/t23-,26?,27+/m1/s1. The topological polar surface area (TPSA) is 36.4 Å². The van der Waals surface area contributed by atoms with E-state index in [1.165, 1.54) is 22.3 Å². The van der Waals surface area contributed by atoms with Gasteiger partial charge in [0.25, 0.3) is 0 Å². The minimum atomic E-state index is -0.420. The number of aliphatic hydroxyl groups excluding tert-OH is 1. The lowest BCUT2D eigenvalue weighted by Gasteiger charge is -2.40. The van der Waals surface area contributed by atoms with Crippen LogP contribution in [0.3, 0.4) is 0 Å². The zero-order valence-electron chi connectivity index (χ0n) is 17.5. The molecule has 2 bridgehead atoms. The monoisotopic (exact) mass is 430 g/mol. The van der Waals surface area contributed by atoms with Gasteiger partial charge in [-0.3, -0.25) is 4.98 Å². The van der Waals surface area contributed by atoms with E-state index in [0.29, 0.717) is 11.8 Å². The molecule has 1 unspecified atom stereocenters. The van der Waals surface area contributed by atoms with Crippen LogP contribution in [-0.4, -0.2) is 34.6 Å². The summed E-state index contributed by atoms with van der Waals surface area (Å²) in [6.07, 6.45) is 6.32. The third kappa shape index (κ3) is 3.06. The van der Waals surface area contributed by atoms with Gasteiger partial charge in [0.05, 0.1) is 6.10 Å². The summed E-state index contributed by atoms with van der Waals surface area (Å²) >= 11 is 6.46. The fourth-order valence-corrected chi connectivity index (χ4v) is 6.62. The van der Waals surface area contributed by atoms with E-state index in [9.17, 15) is 5.11 Å². The van der Waals surface area contributed by atoms with Crippen molar-refractivity contribution in [3.63, 3.8) is 0 Å². The zero-order valence-corrected chi connectivity index (χ0v) is 18.3. The molecular weight excluding hydrogens is 404 g/mol. The maximum Gasteiger partial charge on any atom is 0.0833 e. The molecule has 1 saturated heterocycles. The van der Waals surface area contributed by atoms with E-state index in [2.05, 4.69) is 46.3 Å². The van der Waals surface area contributed by atoms with E-state index in [1.807, 2.05) is 18.2 Å². The van der Waals surface area contributed by atoms with Crippen LogP contribution in [0.4, 0.5) is 0 Å². The van der Waals surface area contributed by atoms with Crippen molar-refractivity contribution in [1.82, 2.24) is 9.88 Å². The second-order valence-corrected chi connectivity index (χ2v) is 9.94. The lowest BCUT2D eigenvalue weighted by molar-refractivity contribution is 0.0538. The number of benzene rings is 2. The Morgan fingerprint density at radius 2 is 1.84 bits per heavy atom. The van der Waals surface area contributed by atoms with Gasteiger partial charge in [0.1, 0.15) is 0 Å². The summed E-state index contributed by atoms with van der Waals surface area (Å²) in [6, 6.07) is 19.4. The summed E-state index contributed by atoms with van der Waals surface area (Å²) < 4.78 is 0. The number of halogens is 1. The Morgan fingerprint density at radius 1 is 1.03 bits per heavy atom. The second kappa shape index (κ2) is 7.44. The third-order valence-electron chi connectivity index (χ3n) is 7.91. The van der Waals surface area contributed by atoms with Crippen LogP contribution in [0.1, 0.15) is 59.1 Å². The highest BCUT2D eigenvalue weighted by Crippen LogP contribution is 2.60. The maximum absolute atomic E-state index is 10.8. The largest absolute Gasteiger partial charge is 0.388 e. The van der Waals surface area contributed by atoms with E-state index in [4.69, 9.17) is 11.6 Å². The van der Waals surface area contributed by atoms with Gasteiger partial charge in [-0.2, -0.15) is 0 Å². The summed E-state index contributed by atoms with van der Waals surface area (Å²) in [6.45, 7) is 3.07. The maximum atomic E-state index is 10.8. The predicted octanol–water partition coefficient (Wildman–Crippen LogP) is 5.32. The smallest absolute Gasteiger partial charge is 0.0833 e. The molecule has 6 rings (SSSR count). The number of pyridine rings is 1. The first-order valence-electron chi connectivity index (χ1n) is 11.4. The quantitative estimate of drug-likeness (QED) is 0.608. The summed E-state index contributed by atoms with van der Waals surface area (Å²) in [5, 5.41) is 11.7. The van der Waals surface area contributed by atoms with Crippen LogP contribution >= 0.6 is 11.6 Å². The summed E-state index contributed by atoms with van der Waals surface area (Å²) in [5.74, 6) is 0.792. The highest BCUT2D eigenvalue weighted by molar-refractivity contribution is 6.30. The van der Waals surface area contributed by atoms with Crippen LogP contribution < -0.4 is 0 Å². The predicted molar refractivity (Wildman–Crippen MR) is 123 cm³/mol. The van der Waals surface area contributed by atoms with Crippen molar-refractivity contribution in [2.75, 3.05) is 19.6 Å². The van der Waals surface area contributed by atoms with Crippen LogP contribution in [0.2, 0.25) is 5.02 Å². The molecule has 0 spiro atoms. The first-order chi connectivity index (χ1) is 15.2. The Balaban J connectivity index is 1.25. The van der Waals surface area contributed by atoms with E-state index in [1.54, 1.807) is 12.4 Å². The number of fused-ring (bicyclic) bond motifs is 8. The molecule has 2 aliphatic carbocycles. The van der Waals surface area contributed by atoms with Gasteiger partial charge in [0.15, 0.2) is 0 Å². The van der Waals surface area contributed by atoms with E-state index >= 15 is 0 Å². The molecule has 1 fully saturated rings. The number of piperidine rings is 1. The van der Waals surface area contributed by atoms with Crippen LogP contribution in [-0.2, 0) is 5.41 Å². The molecule has 0 saturated carbocycles. The molecule has 1 N–H and O–H groups in total. The van der Waals surface area contributed by atoms with Crippen molar-refractivity contribution >= 4 is 11.6 Å². The lowest BCUT2D eigenvalue weighted by Crippen LogP contribution is -2.44. The molecule has 0 radical (unpaired) electrons. The molecule has 2 heterocycles. The van der Waals surface area contributed by atoms with E-state index in [0.717, 1.165) is 49.5 Å². The van der Waals surface area contributed by atoms with E-state index < -0.39 is 6.10 Å². The molecule has 1 aromatic heterocycles. The van der Waals surface area contributed by atoms with Crippen molar-refractivity contribution in [3.8, 4) is 0 Å². The number of hydrogen-bond donors (Lipinski definition) is 1. The average Bonchev–Trinajstić information content (AvgIpc) is 3.31. The Bertz CT molecular complexity index is 1110. The van der Waals surface area contributed by atoms with Gasteiger partial charge in [-0.1, -0.05) is 48.0 Å². The molecule has 0 amide bonds. The summed E-state index contributed by atoms with van der Waals surface area (Å²) in [4.78, 5) is 6.79. The Morgan fingerprint density at radius 3 is 2.65 bits per heavy atom. The van der Waals surface area contributed by atoms with Crippen molar-refractivity contribution in [1.29, 1.82) is 0 Å². The molecule has 3 nitrogen and oxygen atoms in total. The summed E-state index contributed by atoms with van der Waals surface area (Å²) in [7, 11) is 0. The average molecular weight is 431 g/mol. The Hall–Kier alpha value is -2.20. The van der Waals surface area contributed by atoms with Crippen LogP contribution in [0.15, 0.2) is 67.0 Å². The van der Waals surface area contributed by atoms with Gasteiger partial charge in [0, 0.05) is 35.3 Å². The van der Waals surface area contributed by atoms with Crippen LogP contribution in [0, 0.1) is 5.92 Å². The van der Waals surface area contributed by atoms with Crippen molar-refractivity contribution in [2.24, 2.45) is 5.92 Å². The lowest BCUT2D eigenvalue weighted by atomic mass is 9.74. The number of likely N-dealkylation sites (tertiary alicyclic amines) is 1. The Kier molecular flexibility index (Phi) is 4.68. The molecule has 2 aromatic carbocycles. The number of hydrogen-bond acceptors (Lipinski definition) is 3. The minimum Gasteiger partial charge on any atom is -0.388 e. The number of aliphatic hydroxyl groups is 1. The van der Waals surface area contributed by atoms with Crippen LogP contribution in [0.25, 0.3) is 0 Å². The molecule has 3 atom stereocenters. The van der Waals surface area contributed by atoms with Gasteiger partial charge >= 0.3 is 0 Å². The highest BCUT2D eigenvalue weighted by Gasteiger charge is 2.53. The zero-order chi connectivity index (χ0) is 21.0. The summed E-state index contributed by atoms with van der Waals surface area (Å²) in [5.41, 5.74) is 6.86. The highest BCUT2D eigenvalue weighted by atomic mass is 35.5. The van der Waals surface area contributed by atoms with Gasteiger partial charge in [0.2, 0.25) is 0 Å². The van der Waals surface area contributed by atoms with Crippen LogP contribution in [0.5, 0.6) is 0 Å². The molecule has 4 heteroatoms. The van der Waals surface area contributed by atoms with Crippen molar-refractivity contribution in [2.45, 2.75) is 36.7 Å². The second-order valence-electron chi connectivity index (χ2n) is 9.50. The normalized spacial score (nSPS) is 25.9. The number of aromatic nitrogens is 1. The van der Waals surface area contributed by atoms with Gasteiger partial charge in [-0.15, -0.1) is 0 Å². The van der Waals surface area contributed by atoms with E-state index in [-0.39, 0.29) is 5.41 Å². The third-order valence-corrected chi connectivity index (χ3v) is 8.14. The molecular formula is C27H27ClN2O. The van der Waals surface area contributed by atoms with Gasteiger partial charge in [-0.05, 0) is 84.3 Å². The fourth-order valence-electron chi connectivity index (χ4n) is 6.45. The number of nitrogens with zero attached hydrogens (tertiary/aromatic N) is 2. The molecule has 3 aromatic rings. The fraction of sp³-hybridized carbons (Fsp3) is 0.370. The van der Waals surface area contributed by atoms with Gasteiger partial charge < -0.3 is 10.0 Å². The molecule has 3 aliphatic rings. The van der Waals surface area contributed by atoms with Crippen molar-refractivity contribution in [3.05, 3.63) is 99.8 Å². The first kappa shape index (κ1) is 19.5. The molecule has 1 aliphatic heterocycles. The first-order valence-corrected chi connectivity index (χ1v) is 11.7. The minimum absolute atomic E-state index is 0.0380.